The van der Waals surface area contributed by atoms with E-state index in [1.54, 1.807) is 13.8 Å². The number of carbonyl (C=O) groups excluding carboxylic acids is 4. The zero-order valence-electron chi connectivity index (χ0n) is 26.9. The number of nitrogens with two attached hydrogens (primary N) is 1. The van der Waals surface area contributed by atoms with Crippen molar-refractivity contribution in [2.24, 2.45) is 5.73 Å². The maximum Gasteiger partial charge on any atom is 0.404 e. The summed E-state index contributed by atoms with van der Waals surface area (Å²) < 4.78 is 52.8. The largest absolute Gasteiger partial charge is 0.404 e. The molecule has 0 saturated heterocycles. The van der Waals surface area contributed by atoms with Crippen molar-refractivity contribution in [2.75, 3.05) is 18.1 Å². The number of aryl methyl sites for hydroxylation is 1. The summed E-state index contributed by atoms with van der Waals surface area (Å²) in [6, 6.07) is 8.50. The number of hydrogen-bond donors (Lipinski definition) is 3. The lowest BCUT2D eigenvalue weighted by atomic mass is 10.0. The van der Waals surface area contributed by atoms with E-state index in [-0.39, 0.29) is 31.6 Å². The molecule has 0 radical (unpaired) electrons. The first-order valence-electron chi connectivity index (χ1n) is 15.6. The molecule has 2 aliphatic rings. The Hall–Kier alpha value is -3.93. The minimum Gasteiger partial charge on any atom is -0.370 e. The fourth-order valence-electron chi connectivity index (χ4n) is 5.87. The summed E-state index contributed by atoms with van der Waals surface area (Å²) in [5.74, 6) is -1.83. The molecule has 254 valence electrons. The Morgan fingerprint density at radius 2 is 1.74 bits per heavy atom. The number of benzene rings is 2. The molecular formula is C33H41F2N4O7P. The number of nitrogens with zero attached hydrogens (tertiary/aromatic N) is 1. The van der Waals surface area contributed by atoms with Crippen molar-refractivity contribution in [3.8, 4) is 0 Å². The lowest BCUT2D eigenvalue weighted by Gasteiger charge is -2.28. The molecule has 2 unspecified atom stereocenters. The van der Waals surface area contributed by atoms with Gasteiger partial charge >= 0.3 is 13.3 Å². The monoisotopic (exact) mass is 674 g/mol. The standard InChI is InChI=1S/C33H41F2N4O7P/c1-5-45-47(44,46-6-2)33(34,35)25-14-11-22(12-15-25)20(3)18-29(41)38-26-16-13-23-8-7-9-24-19-27(39(30(23)24)32(26)43)31(42)37-21(4)10-17-28(36)40/h7-9,11-12,14-15,18,21,26-27H,5-6,10,13,16-17,19H2,1-4H3,(H2,36,40)(H,37,42)(H,38,41)/b20-18+/t21?,26-,27?/m0/s1. The predicted octanol–water partition coefficient (Wildman–Crippen LogP) is 4.56. The molecule has 0 spiro atoms. The molecule has 14 heteroatoms. The first kappa shape index (κ1) is 35.9. The number of hydrogen-bond acceptors (Lipinski definition) is 7. The van der Waals surface area contributed by atoms with Gasteiger partial charge in [-0.3, -0.25) is 28.6 Å². The zero-order valence-corrected chi connectivity index (χ0v) is 27.8. The normalized spacial score (nSPS) is 18.7. The molecule has 3 atom stereocenters. The van der Waals surface area contributed by atoms with Crippen LogP contribution in [0.15, 0.2) is 48.5 Å². The van der Waals surface area contributed by atoms with Gasteiger partial charge in [0, 0.05) is 30.5 Å². The molecular weight excluding hydrogens is 633 g/mol. The maximum atomic E-state index is 15.1. The van der Waals surface area contributed by atoms with Gasteiger partial charge < -0.3 is 25.4 Å². The highest BCUT2D eigenvalue weighted by Gasteiger charge is 2.54. The predicted molar refractivity (Wildman–Crippen MR) is 173 cm³/mol. The molecule has 0 bridgehead atoms. The van der Waals surface area contributed by atoms with E-state index in [0.717, 1.165) is 23.3 Å². The highest BCUT2D eigenvalue weighted by Crippen LogP contribution is 2.66. The third-order valence-corrected chi connectivity index (χ3v) is 10.4. The number of nitrogens with one attached hydrogen (secondary N) is 2. The molecule has 2 aliphatic heterocycles. The Bertz CT molecular complexity index is 1590. The second-order valence-electron chi connectivity index (χ2n) is 11.6. The molecule has 4 N–H and O–H groups in total. The third kappa shape index (κ3) is 7.80. The number of primary amides is 1. The molecule has 2 aromatic carbocycles. The number of para-hydroxylation sites is 1. The van der Waals surface area contributed by atoms with Crippen molar-refractivity contribution in [3.05, 3.63) is 70.8 Å². The van der Waals surface area contributed by atoms with Crippen LogP contribution in [0.5, 0.6) is 0 Å². The Morgan fingerprint density at radius 3 is 2.36 bits per heavy atom. The van der Waals surface area contributed by atoms with Gasteiger partial charge in [0.25, 0.3) is 0 Å². The first-order chi connectivity index (χ1) is 22.2. The Kier molecular flexibility index (Phi) is 11.4. The van der Waals surface area contributed by atoms with Gasteiger partial charge in [-0.2, -0.15) is 8.78 Å². The molecule has 4 rings (SSSR count). The lowest BCUT2D eigenvalue weighted by Crippen LogP contribution is -2.55. The van der Waals surface area contributed by atoms with Crippen LogP contribution < -0.4 is 21.3 Å². The molecule has 0 fully saturated rings. The molecule has 11 nitrogen and oxygen atoms in total. The summed E-state index contributed by atoms with van der Waals surface area (Å²) in [7, 11) is -4.78. The van der Waals surface area contributed by atoms with Crippen molar-refractivity contribution in [1.29, 1.82) is 0 Å². The third-order valence-electron chi connectivity index (χ3n) is 8.22. The van der Waals surface area contributed by atoms with Crippen molar-refractivity contribution in [1.82, 2.24) is 10.6 Å². The zero-order chi connectivity index (χ0) is 34.5. The Morgan fingerprint density at radius 1 is 1.11 bits per heavy atom. The fourth-order valence-corrected chi connectivity index (χ4v) is 7.41. The maximum absolute atomic E-state index is 15.1. The van der Waals surface area contributed by atoms with Crippen molar-refractivity contribution < 1.29 is 41.6 Å². The number of rotatable bonds is 14. The molecule has 2 aromatic rings. The second kappa shape index (κ2) is 14.9. The topological polar surface area (TPSA) is 157 Å². The molecule has 0 aromatic heterocycles. The van der Waals surface area contributed by atoms with Gasteiger partial charge in [-0.1, -0.05) is 42.5 Å². The van der Waals surface area contributed by atoms with Crippen LogP contribution in [-0.2, 0) is 51.3 Å². The summed E-state index contributed by atoms with van der Waals surface area (Å²) in [5, 5.41) is 5.65. The van der Waals surface area contributed by atoms with Gasteiger partial charge in [0.15, 0.2) is 0 Å². The number of anilines is 1. The van der Waals surface area contributed by atoms with Gasteiger partial charge in [-0.25, -0.2) is 0 Å². The van der Waals surface area contributed by atoms with Gasteiger partial charge in [-0.05, 0) is 69.2 Å². The minimum absolute atomic E-state index is 0.112. The second-order valence-corrected chi connectivity index (χ2v) is 13.7. The quantitative estimate of drug-likeness (QED) is 0.196. The van der Waals surface area contributed by atoms with Gasteiger partial charge in [-0.15, -0.1) is 0 Å². The summed E-state index contributed by atoms with van der Waals surface area (Å²) in [6.07, 6.45) is 2.84. The number of carbonyl (C=O) groups is 4. The van der Waals surface area contributed by atoms with Crippen LogP contribution in [0.4, 0.5) is 14.5 Å². The van der Waals surface area contributed by atoms with E-state index in [1.807, 2.05) is 18.2 Å². The highest BCUT2D eigenvalue weighted by molar-refractivity contribution is 7.54. The number of alkyl halides is 2. The smallest absolute Gasteiger partial charge is 0.370 e. The van der Waals surface area contributed by atoms with E-state index in [4.69, 9.17) is 14.8 Å². The molecule has 2 heterocycles. The van der Waals surface area contributed by atoms with Crippen LogP contribution >= 0.6 is 7.60 Å². The van der Waals surface area contributed by atoms with E-state index in [2.05, 4.69) is 10.6 Å². The van der Waals surface area contributed by atoms with E-state index in [1.165, 1.54) is 37.0 Å². The highest BCUT2D eigenvalue weighted by atomic mass is 31.2. The Balaban J connectivity index is 1.49. The average molecular weight is 675 g/mol. The molecule has 0 saturated carbocycles. The summed E-state index contributed by atoms with van der Waals surface area (Å²) in [5.41, 5.74) is 4.11. The van der Waals surface area contributed by atoms with E-state index >= 15 is 8.78 Å². The molecule has 0 aliphatic carbocycles. The molecule has 4 amide bonds. The van der Waals surface area contributed by atoms with Gasteiger partial charge in [0.2, 0.25) is 23.6 Å². The molecule has 47 heavy (non-hydrogen) atoms. The van der Waals surface area contributed by atoms with Crippen LogP contribution in [-0.4, -0.2) is 55.0 Å². The first-order valence-corrected chi connectivity index (χ1v) is 17.2. The van der Waals surface area contributed by atoms with Crippen LogP contribution in [0.25, 0.3) is 5.57 Å². The number of halogens is 2. The van der Waals surface area contributed by atoms with E-state index < -0.39 is 48.6 Å². The minimum atomic E-state index is -4.78. The van der Waals surface area contributed by atoms with Crippen molar-refractivity contribution >= 4 is 42.5 Å². The summed E-state index contributed by atoms with van der Waals surface area (Å²) in [6.45, 7) is 5.83. The van der Waals surface area contributed by atoms with Gasteiger partial charge in [0.05, 0.1) is 18.9 Å². The van der Waals surface area contributed by atoms with Gasteiger partial charge in [0.1, 0.15) is 12.1 Å². The Labute approximate surface area is 272 Å². The number of amides is 4. The SMILES string of the molecule is CCOP(=O)(OCC)C(F)(F)c1ccc(/C(C)=C/C(=O)N[C@H]2CCc3cccc4c3N(C2=O)C(C(=O)NC(C)CCC(N)=O)C4)cc1. The summed E-state index contributed by atoms with van der Waals surface area (Å²) in [4.78, 5) is 53.1. The van der Waals surface area contributed by atoms with Crippen molar-refractivity contribution in [3.63, 3.8) is 0 Å². The lowest BCUT2D eigenvalue weighted by molar-refractivity contribution is -0.128. The number of allylic oxidation sites excluding steroid dienone is 1. The van der Waals surface area contributed by atoms with Crippen LogP contribution in [0, 0.1) is 0 Å². The summed E-state index contributed by atoms with van der Waals surface area (Å²) >= 11 is 0. The van der Waals surface area contributed by atoms with Crippen LogP contribution in [0.3, 0.4) is 0 Å². The van der Waals surface area contributed by atoms with Crippen molar-refractivity contribution in [2.45, 2.75) is 83.6 Å². The van der Waals surface area contributed by atoms with Crippen LogP contribution in [0.2, 0.25) is 0 Å². The van der Waals surface area contributed by atoms with E-state index in [9.17, 15) is 23.7 Å². The average Bonchev–Trinajstić information content (AvgIpc) is 3.36. The fraction of sp³-hybridized carbons (Fsp3) is 0.455. The van der Waals surface area contributed by atoms with E-state index in [0.29, 0.717) is 42.5 Å². The van der Waals surface area contributed by atoms with Crippen LogP contribution in [0.1, 0.15) is 69.2 Å².